The van der Waals surface area contributed by atoms with E-state index in [1.807, 2.05) is 26.0 Å². The molecule has 0 amide bonds. The van der Waals surface area contributed by atoms with Gasteiger partial charge in [0.25, 0.3) is 0 Å². The summed E-state index contributed by atoms with van der Waals surface area (Å²) in [6.07, 6.45) is 0. The predicted octanol–water partition coefficient (Wildman–Crippen LogP) is 3.93. The van der Waals surface area contributed by atoms with Crippen LogP contribution in [0.5, 0.6) is 5.75 Å². The molecule has 0 atom stereocenters. The Morgan fingerprint density at radius 1 is 1.27 bits per heavy atom. The molecule has 0 aliphatic heterocycles. The first-order valence-corrected chi connectivity index (χ1v) is 9.41. The molecular formula is C15H18ClNO3S2. The zero-order valence-corrected chi connectivity index (χ0v) is 15.1. The Labute approximate surface area is 140 Å². The van der Waals surface area contributed by atoms with Crippen LogP contribution in [0.25, 0.3) is 0 Å². The highest BCUT2D eigenvalue weighted by molar-refractivity contribution is 7.89. The van der Waals surface area contributed by atoms with Crippen molar-refractivity contribution in [1.82, 2.24) is 4.31 Å². The van der Waals surface area contributed by atoms with E-state index >= 15 is 0 Å². The first-order valence-electron chi connectivity index (χ1n) is 6.77. The maximum absolute atomic E-state index is 12.9. The van der Waals surface area contributed by atoms with Gasteiger partial charge in [0.2, 0.25) is 10.0 Å². The lowest BCUT2D eigenvalue weighted by Gasteiger charge is -2.21. The quantitative estimate of drug-likeness (QED) is 0.785. The molecular weight excluding hydrogens is 342 g/mol. The van der Waals surface area contributed by atoms with E-state index in [0.29, 0.717) is 23.2 Å². The van der Waals surface area contributed by atoms with Crippen molar-refractivity contribution in [3.63, 3.8) is 0 Å². The van der Waals surface area contributed by atoms with Crippen LogP contribution >= 0.6 is 22.9 Å². The number of ether oxygens (including phenoxy) is 1. The number of hydrogen-bond donors (Lipinski definition) is 0. The van der Waals surface area contributed by atoms with Gasteiger partial charge in [-0.1, -0.05) is 24.6 Å². The van der Waals surface area contributed by atoms with Crippen molar-refractivity contribution < 1.29 is 13.2 Å². The van der Waals surface area contributed by atoms with Crippen LogP contribution in [0.2, 0.25) is 4.34 Å². The summed E-state index contributed by atoms with van der Waals surface area (Å²) in [6.45, 7) is 4.34. The Morgan fingerprint density at radius 3 is 2.55 bits per heavy atom. The van der Waals surface area contributed by atoms with Crippen LogP contribution in [0.1, 0.15) is 17.4 Å². The van der Waals surface area contributed by atoms with Crippen LogP contribution in [0.4, 0.5) is 0 Å². The van der Waals surface area contributed by atoms with Gasteiger partial charge >= 0.3 is 0 Å². The van der Waals surface area contributed by atoms with Gasteiger partial charge in [-0.2, -0.15) is 4.31 Å². The lowest BCUT2D eigenvalue weighted by Crippen LogP contribution is -2.30. The largest absolute Gasteiger partial charge is 0.495 e. The third kappa shape index (κ3) is 3.63. The zero-order chi connectivity index (χ0) is 16.3. The number of nitrogens with zero attached hydrogens (tertiary/aromatic N) is 1. The average Bonchev–Trinajstić information content (AvgIpc) is 2.89. The molecule has 4 nitrogen and oxygen atoms in total. The summed E-state index contributed by atoms with van der Waals surface area (Å²) in [5, 5.41) is 0. The number of methoxy groups -OCH3 is 1. The minimum Gasteiger partial charge on any atom is -0.495 e. The van der Waals surface area contributed by atoms with E-state index in [1.165, 1.54) is 22.8 Å². The van der Waals surface area contributed by atoms with Gasteiger partial charge in [0.1, 0.15) is 10.6 Å². The monoisotopic (exact) mass is 359 g/mol. The molecule has 1 heterocycles. The second kappa shape index (κ2) is 7.00. The fourth-order valence-corrected chi connectivity index (χ4v) is 4.95. The van der Waals surface area contributed by atoms with E-state index in [-0.39, 0.29) is 4.90 Å². The summed E-state index contributed by atoms with van der Waals surface area (Å²) < 4.78 is 33.1. The minimum atomic E-state index is -3.63. The number of sulfonamides is 1. The maximum atomic E-state index is 12.9. The number of benzene rings is 1. The highest BCUT2D eigenvalue weighted by Crippen LogP contribution is 2.30. The summed E-state index contributed by atoms with van der Waals surface area (Å²) in [5.41, 5.74) is 0.870. The predicted molar refractivity (Wildman–Crippen MR) is 90.3 cm³/mol. The Bertz CT molecular complexity index is 756. The highest BCUT2D eigenvalue weighted by Gasteiger charge is 2.27. The molecule has 0 radical (unpaired) electrons. The Kier molecular flexibility index (Phi) is 5.50. The molecule has 1 aromatic heterocycles. The Morgan fingerprint density at radius 2 is 2.00 bits per heavy atom. The molecule has 0 saturated heterocycles. The van der Waals surface area contributed by atoms with Gasteiger partial charge in [-0.15, -0.1) is 11.3 Å². The highest BCUT2D eigenvalue weighted by atomic mass is 35.5. The molecule has 0 bridgehead atoms. The van der Waals surface area contributed by atoms with Gasteiger partial charge in [0.15, 0.2) is 0 Å². The minimum absolute atomic E-state index is 0.194. The van der Waals surface area contributed by atoms with Gasteiger partial charge in [-0.3, -0.25) is 0 Å². The van der Waals surface area contributed by atoms with E-state index in [4.69, 9.17) is 16.3 Å². The van der Waals surface area contributed by atoms with Crippen LogP contribution in [-0.2, 0) is 16.6 Å². The van der Waals surface area contributed by atoms with Gasteiger partial charge in [-0.05, 0) is 36.8 Å². The summed E-state index contributed by atoms with van der Waals surface area (Å²) in [4.78, 5) is 1.10. The Balaban J connectivity index is 2.40. The molecule has 2 aromatic rings. The molecule has 120 valence electrons. The van der Waals surface area contributed by atoms with Crippen molar-refractivity contribution in [2.45, 2.75) is 25.3 Å². The molecule has 0 N–H and O–H groups in total. The summed E-state index contributed by atoms with van der Waals surface area (Å²) in [6, 6.07) is 8.76. The second-order valence-corrected chi connectivity index (χ2v) is 8.50. The smallest absolute Gasteiger partial charge is 0.247 e. The molecule has 1 aromatic carbocycles. The second-order valence-electron chi connectivity index (χ2n) is 4.79. The van der Waals surface area contributed by atoms with Gasteiger partial charge in [0, 0.05) is 18.0 Å². The topological polar surface area (TPSA) is 46.6 Å². The molecule has 0 aliphatic rings. The number of hydrogen-bond acceptors (Lipinski definition) is 4. The normalized spacial score (nSPS) is 11.9. The van der Waals surface area contributed by atoms with Gasteiger partial charge in [0.05, 0.1) is 11.4 Å². The molecule has 22 heavy (non-hydrogen) atoms. The Hall–Kier alpha value is -1.08. The van der Waals surface area contributed by atoms with E-state index in [0.717, 1.165) is 10.4 Å². The van der Waals surface area contributed by atoms with Crippen LogP contribution in [0.3, 0.4) is 0 Å². The third-order valence-electron chi connectivity index (χ3n) is 3.25. The van der Waals surface area contributed by atoms with Crippen LogP contribution in [0, 0.1) is 6.92 Å². The molecule has 2 rings (SSSR count). The number of thiophene rings is 1. The van der Waals surface area contributed by atoms with Gasteiger partial charge in [-0.25, -0.2) is 8.42 Å². The average molecular weight is 360 g/mol. The lowest BCUT2D eigenvalue weighted by molar-refractivity contribution is 0.392. The lowest BCUT2D eigenvalue weighted by atomic mass is 10.2. The summed E-state index contributed by atoms with van der Waals surface area (Å²) >= 11 is 7.30. The SMILES string of the molecule is CCN(Cc1ccc(Cl)s1)S(=O)(=O)c1cc(C)ccc1OC. The van der Waals surface area contributed by atoms with Crippen molar-refractivity contribution in [3.05, 3.63) is 45.1 Å². The summed E-state index contributed by atoms with van der Waals surface area (Å²) in [7, 11) is -2.16. The number of halogens is 1. The van der Waals surface area contributed by atoms with Crippen molar-refractivity contribution >= 4 is 33.0 Å². The first kappa shape index (κ1) is 17.3. The van der Waals surface area contributed by atoms with E-state index in [1.54, 1.807) is 18.2 Å². The molecule has 0 saturated carbocycles. The van der Waals surface area contributed by atoms with Crippen LogP contribution in [0.15, 0.2) is 35.2 Å². The van der Waals surface area contributed by atoms with Crippen molar-refractivity contribution in [2.75, 3.05) is 13.7 Å². The number of aryl methyl sites for hydroxylation is 1. The van der Waals surface area contributed by atoms with E-state index in [2.05, 4.69) is 0 Å². The standard InChI is InChI=1S/C15H18ClNO3S2/c1-4-17(10-12-6-8-15(16)21-12)22(18,19)14-9-11(2)5-7-13(14)20-3/h5-9H,4,10H2,1-3H3. The van der Waals surface area contributed by atoms with E-state index in [9.17, 15) is 8.42 Å². The zero-order valence-electron chi connectivity index (χ0n) is 12.7. The molecule has 7 heteroatoms. The molecule has 0 fully saturated rings. The van der Waals surface area contributed by atoms with Crippen molar-refractivity contribution in [3.8, 4) is 5.75 Å². The van der Waals surface area contributed by atoms with E-state index < -0.39 is 10.0 Å². The summed E-state index contributed by atoms with van der Waals surface area (Å²) in [5.74, 6) is 0.355. The molecule has 0 unspecified atom stereocenters. The maximum Gasteiger partial charge on any atom is 0.247 e. The fraction of sp³-hybridized carbons (Fsp3) is 0.333. The fourth-order valence-electron chi connectivity index (χ4n) is 2.10. The first-order chi connectivity index (χ1) is 10.4. The van der Waals surface area contributed by atoms with Crippen LogP contribution in [-0.4, -0.2) is 26.4 Å². The van der Waals surface area contributed by atoms with Crippen molar-refractivity contribution in [1.29, 1.82) is 0 Å². The van der Waals surface area contributed by atoms with Crippen LogP contribution < -0.4 is 4.74 Å². The van der Waals surface area contributed by atoms with Crippen molar-refractivity contribution in [2.24, 2.45) is 0 Å². The van der Waals surface area contributed by atoms with Gasteiger partial charge < -0.3 is 4.74 Å². The number of rotatable bonds is 6. The molecule has 0 spiro atoms. The third-order valence-corrected chi connectivity index (χ3v) is 6.41. The molecule has 0 aliphatic carbocycles.